The van der Waals surface area contributed by atoms with Crippen molar-refractivity contribution < 1.29 is 9.53 Å². The number of hydrogen-bond donors (Lipinski definition) is 2. The SMILES string of the molecule is CCSCCC(C)NC(=O)c1cccc2c1OCCN2. The maximum Gasteiger partial charge on any atom is 0.255 e. The van der Waals surface area contributed by atoms with E-state index in [1.807, 2.05) is 36.9 Å². The van der Waals surface area contributed by atoms with Crippen LogP contribution in [0, 0.1) is 0 Å². The second-order valence-corrected chi connectivity index (χ2v) is 6.21. The third-order valence-corrected chi connectivity index (χ3v) is 4.13. The molecule has 1 unspecified atom stereocenters. The molecule has 1 aliphatic heterocycles. The second-order valence-electron chi connectivity index (χ2n) is 4.82. The monoisotopic (exact) mass is 294 g/mol. The van der Waals surface area contributed by atoms with Crippen molar-refractivity contribution in [2.75, 3.05) is 30.0 Å². The molecule has 1 atom stereocenters. The Morgan fingerprint density at radius 3 is 3.20 bits per heavy atom. The fourth-order valence-electron chi connectivity index (χ4n) is 2.13. The van der Waals surface area contributed by atoms with E-state index in [4.69, 9.17) is 4.74 Å². The van der Waals surface area contributed by atoms with Gasteiger partial charge in [0.05, 0.1) is 11.3 Å². The van der Waals surface area contributed by atoms with E-state index < -0.39 is 0 Å². The molecule has 0 fully saturated rings. The zero-order valence-electron chi connectivity index (χ0n) is 12.1. The lowest BCUT2D eigenvalue weighted by Gasteiger charge is -2.22. The van der Waals surface area contributed by atoms with Crippen LogP contribution in [0.25, 0.3) is 0 Å². The van der Waals surface area contributed by atoms with Gasteiger partial charge >= 0.3 is 0 Å². The molecule has 0 spiro atoms. The largest absolute Gasteiger partial charge is 0.489 e. The fourth-order valence-corrected chi connectivity index (χ4v) is 2.94. The minimum Gasteiger partial charge on any atom is -0.489 e. The number of anilines is 1. The van der Waals surface area contributed by atoms with Crippen molar-refractivity contribution in [2.45, 2.75) is 26.3 Å². The number of carbonyl (C=O) groups is 1. The first-order valence-electron chi connectivity index (χ1n) is 7.10. The van der Waals surface area contributed by atoms with E-state index in [-0.39, 0.29) is 11.9 Å². The van der Waals surface area contributed by atoms with E-state index in [9.17, 15) is 4.79 Å². The standard InChI is InChI=1S/C15H22N2O2S/c1-3-20-10-7-11(2)17-15(18)12-5-4-6-13-14(12)19-9-8-16-13/h4-6,11,16H,3,7-10H2,1-2H3,(H,17,18). The fraction of sp³-hybridized carbons (Fsp3) is 0.533. The summed E-state index contributed by atoms with van der Waals surface area (Å²) in [5, 5.41) is 6.29. The molecule has 0 aromatic heterocycles. The lowest BCUT2D eigenvalue weighted by molar-refractivity contribution is 0.0935. The number of carbonyl (C=O) groups excluding carboxylic acids is 1. The minimum atomic E-state index is -0.0560. The van der Waals surface area contributed by atoms with Crippen LogP contribution in [0.4, 0.5) is 5.69 Å². The molecule has 0 radical (unpaired) electrons. The molecular formula is C15H22N2O2S. The van der Waals surface area contributed by atoms with Gasteiger partial charge in [0.1, 0.15) is 6.61 Å². The van der Waals surface area contributed by atoms with Crippen LogP contribution in [-0.4, -0.2) is 36.6 Å². The number of rotatable bonds is 6. The van der Waals surface area contributed by atoms with Gasteiger partial charge in [-0.05, 0) is 37.0 Å². The Morgan fingerprint density at radius 1 is 1.55 bits per heavy atom. The molecule has 0 saturated heterocycles. The Labute approximate surface area is 124 Å². The first-order valence-corrected chi connectivity index (χ1v) is 8.26. The number of nitrogens with one attached hydrogen (secondary N) is 2. The maximum absolute atomic E-state index is 12.3. The predicted molar refractivity (Wildman–Crippen MR) is 85.0 cm³/mol. The van der Waals surface area contributed by atoms with Gasteiger partial charge in [0.2, 0.25) is 0 Å². The molecule has 20 heavy (non-hydrogen) atoms. The summed E-state index contributed by atoms with van der Waals surface area (Å²) >= 11 is 1.90. The van der Waals surface area contributed by atoms with Crippen LogP contribution < -0.4 is 15.4 Å². The summed E-state index contributed by atoms with van der Waals surface area (Å²) in [5.41, 5.74) is 1.52. The molecular weight excluding hydrogens is 272 g/mol. The van der Waals surface area contributed by atoms with Crippen LogP contribution in [0.1, 0.15) is 30.6 Å². The summed E-state index contributed by atoms with van der Waals surface area (Å²) in [5.74, 6) is 2.81. The van der Waals surface area contributed by atoms with Crippen molar-refractivity contribution in [3.8, 4) is 5.75 Å². The Kier molecular flexibility index (Phi) is 5.59. The molecule has 1 heterocycles. The molecule has 1 aliphatic rings. The van der Waals surface area contributed by atoms with Crippen molar-refractivity contribution in [2.24, 2.45) is 0 Å². The van der Waals surface area contributed by atoms with Gasteiger partial charge in [-0.1, -0.05) is 13.0 Å². The van der Waals surface area contributed by atoms with E-state index in [1.54, 1.807) is 0 Å². The number of para-hydroxylation sites is 1. The van der Waals surface area contributed by atoms with Crippen LogP contribution in [0.15, 0.2) is 18.2 Å². The van der Waals surface area contributed by atoms with Crippen LogP contribution in [0.2, 0.25) is 0 Å². The maximum atomic E-state index is 12.3. The van der Waals surface area contributed by atoms with Crippen LogP contribution >= 0.6 is 11.8 Å². The van der Waals surface area contributed by atoms with Crippen molar-refractivity contribution in [3.63, 3.8) is 0 Å². The summed E-state index contributed by atoms with van der Waals surface area (Å²) in [6.07, 6.45) is 0.985. The first kappa shape index (κ1) is 15.0. The normalized spacial score (nSPS) is 14.7. The minimum absolute atomic E-state index is 0.0560. The number of fused-ring (bicyclic) bond motifs is 1. The lowest BCUT2D eigenvalue weighted by Crippen LogP contribution is -2.33. The molecule has 1 aromatic rings. The van der Waals surface area contributed by atoms with Gasteiger partial charge in [-0.15, -0.1) is 0 Å². The quantitative estimate of drug-likeness (QED) is 0.792. The van der Waals surface area contributed by atoms with Crippen LogP contribution in [0.3, 0.4) is 0 Å². The van der Waals surface area contributed by atoms with Gasteiger partial charge in [0.15, 0.2) is 5.75 Å². The van der Waals surface area contributed by atoms with E-state index in [0.29, 0.717) is 17.9 Å². The highest BCUT2D eigenvalue weighted by molar-refractivity contribution is 7.99. The molecule has 5 heteroatoms. The van der Waals surface area contributed by atoms with Crippen molar-refractivity contribution in [1.29, 1.82) is 0 Å². The number of ether oxygens (including phenoxy) is 1. The van der Waals surface area contributed by atoms with Gasteiger partial charge in [-0.3, -0.25) is 4.79 Å². The summed E-state index contributed by atoms with van der Waals surface area (Å²) in [4.78, 5) is 12.3. The summed E-state index contributed by atoms with van der Waals surface area (Å²) in [6, 6.07) is 5.81. The average molecular weight is 294 g/mol. The van der Waals surface area contributed by atoms with Gasteiger partial charge in [0.25, 0.3) is 5.91 Å². The van der Waals surface area contributed by atoms with E-state index in [0.717, 1.165) is 30.2 Å². The lowest BCUT2D eigenvalue weighted by atomic mass is 10.1. The van der Waals surface area contributed by atoms with Crippen molar-refractivity contribution >= 4 is 23.4 Å². The molecule has 0 saturated carbocycles. The Bertz CT molecular complexity index is 465. The molecule has 2 N–H and O–H groups in total. The molecule has 0 bridgehead atoms. The van der Waals surface area contributed by atoms with E-state index >= 15 is 0 Å². The van der Waals surface area contributed by atoms with Gasteiger partial charge < -0.3 is 15.4 Å². The molecule has 1 aromatic carbocycles. The molecule has 2 rings (SSSR count). The van der Waals surface area contributed by atoms with Crippen LogP contribution in [0.5, 0.6) is 5.75 Å². The van der Waals surface area contributed by atoms with E-state index in [1.165, 1.54) is 0 Å². The number of thioether (sulfide) groups is 1. The topological polar surface area (TPSA) is 50.4 Å². The third-order valence-electron chi connectivity index (χ3n) is 3.20. The Balaban J connectivity index is 1.99. The molecule has 4 nitrogen and oxygen atoms in total. The number of amides is 1. The number of benzene rings is 1. The predicted octanol–water partition coefficient (Wildman–Crippen LogP) is 2.75. The summed E-state index contributed by atoms with van der Waals surface area (Å²) < 4.78 is 5.63. The van der Waals surface area contributed by atoms with Gasteiger partial charge in [-0.25, -0.2) is 0 Å². The molecule has 0 aliphatic carbocycles. The zero-order chi connectivity index (χ0) is 14.4. The summed E-state index contributed by atoms with van der Waals surface area (Å²) in [7, 11) is 0. The molecule has 110 valence electrons. The highest BCUT2D eigenvalue weighted by Crippen LogP contribution is 2.31. The van der Waals surface area contributed by atoms with Crippen molar-refractivity contribution in [3.05, 3.63) is 23.8 Å². The second kappa shape index (κ2) is 7.43. The highest BCUT2D eigenvalue weighted by Gasteiger charge is 2.19. The van der Waals surface area contributed by atoms with Crippen molar-refractivity contribution in [1.82, 2.24) is 5.32 Å². The van der Waals surface area contributed by atoms with Gasteiger partial charge in [-0.2, -0.15) is 11.8 Å². The Morgan fingerprint density at radius 2 is 2.40 bits per heavy atom. The van der Waals surface area contributed by atoms with Crippen LogP contribution in [-0.2, 0) is 0 Å². The zero-order valence-corrected chi connectivity index (χ0v) is 12.9. The van der Waals surface area contributed by atoms with Gasteiger partial charge in [0, 0.05) is 12.6 Å². The average Bonchev–Trinajstić information content (AvgIpc) is 2.47. The van der Waals surface area contributed by atoms with E-state index in [2.05, 4.69) is 17.6 Å². The first-order chi connectivity index (χ1) is 9.72. The Hall–Kier alpha value is -1.36. The smallest absolute Gasteiger partial charge is 0.255 e. The highest BCUT2D eigenvalue weighted by atomic mass is 32.2. The third kappa shape index (κ3) is 3.82. The summed E-state index contributed by atoms with van der Waals surface area (Å²) in [6.45, 7) is 5.57. The number of hydrogen-bond acceptors (Lipinski definition) is 4. The molecule has 1 amide bonds.